The maximum absolute atomic E-state index is 11.1. The van der Waals surface area contributed by atoms with Crippen LogP contribution in [-0.4, -0.2) is 12.1 Å². The van der Waals surface area contributed by atoms with E-state index in [2.05, 4.69) is 13.0 Å². The van der Waals surface area contributed by atoms with Crippen LogP contribution >= 0.6 is 0 Å². The lowest BCUT2D eigenvalue weighted by molar-refractivity contribution is -0.146. The van der Waals surface area contributed by atoms with Crippen molar-refractivity contribution in [2.24, 2.45) is 0 Å². The molecule has 0 amide bonds. The molecule has 1 aliphatic carbocycles. The number of hydrogen-bond acceptors (Lipinski definition) is 2. The highest BCUT2D eigenvalue weighted by Crippen LogP contribution is 2.13. The number of rotatable bonds is 4. The zero-order valence-corrected chi connectivity index (χ0v) is 7.58. The van der Waals surface area contributed by atoms with Gasteiger partial charge in [0.15, 0.2) is 0 Å². The highest BCUT2D eigenvalue weighted by atomic mass is 16.5. The van der Waals surface area contributed by atoms with Crippen molar-refractivity contribution < 1.29 is 9.53 Å². The summed E-state index contributed by atoms with van der Waals surface area (Å²) in [5.41, 5.74) is 0. The van der Waals surface area contributed by atoms with Gasteiger partial charge in [0, 0.05) is 6.42 Å². The first-order valence-electron chi connectivity index (χ1n) is 4.69. The summed E-state index contributed by atoms with van der Waals surface area (Å²) < 4.78 is 5.19. The smallest absolute Gasteiger partial charge is 0.306 e. The largest absolute Gasteiger partial charge is 0.458 e. The Kier molecular flexibility index (Phi) is 3.85. The van der Waals surface area contributed by atoms with Gasteiger partial charge in [-0.15, -0.1) is 0 Å². The molecule has 0 aliphatic heterocycles. The Morgan fingerprint density at radius 3 is 3.08 bits per heavy atom. The predicted octanol–water partition coefficient (Wildman–Crippen LogP) is 2.44. The van der Waals surface area contributed by atoms with Gasteiger partial charge in [0.2, 0.25) is 0 Å². The Bertz CT molecular complexity index is 173. The average Bonchev–Trinajstić information content (AvgIpc) is 2.53. The van der Waals surface area contributed by atoms with Crippen LogP contribution in [0, 0.1) is 0 Å². The van der Waals surface area contributed by atoms with E-state index in [-0.39, 0.29) is 12.1 Å². The van der Waals surface area contributed by atoms with Crippen molar-refractivity contribution >= 4 is 5.97 Å². The molecule has 0 aromatic heterocycles. The lowest BCUT2D eigenvalue weighted by Gasteiger charge is -2.09. The van der Waals surface area contributed by atoms with Crippen LogP contribution in [0.5, 0.6) is 0 Å². The molecule has 0 N–H and O–H groups in total. The molecule has 68 valence electrons. The average molecular weight is 168 g/mol. The number of allylic oxidation sites excluding steroid dienone is 1. The summed E-state index contributed by atoms with van der Waals surface area (Å²) in [5, 5.41) is 0. The number of ether oxygens (including phenoxy) is 1. The number of esters is 1. The van der Waals surface area contributed by atoms with Crippen molar-refractivity contribution in [1.82, 2.24) is 0 Å². The Morgan fingerprint density at radius 1 is 1.67 bits per heavy atom. The lowest BCUT2D eigenvalue weighted by Crippen LogP contribution is -2.13. The molecule has 2 nitrogen and oxygen atoms in total. The molecule has 0 radical (unpaired) electrons. The third-order valence-electron chi connectivity index (χ3n) is 1.99. The van der Waals surface area contributed by atoms with E-state index in [1.165, 1.54) is 0 Å². The Labute approximate surface area is 73.6 Å². The topological polar surface area (TPSA) is 26.3 Å². The third kappa shape index (κ3) is 3.07. The molecule has 1 aliphatic rings. The van der Waals surface area contributed by atoms with Gasteiger partial charge in [0.25, 0.3) is 0 Å². The van der Waals surface area contributed by atoms with Gasteiger partial charge in [-0.3, -0.25) is 4.79 Å². The van der Waals surface area contributed by atoms with Gasteiger partial charge in [-0.1, -0.05) is 19.4 Å². The van der Waals surface area contributed by atoms with Gasteiger partial charge in [-0.05, 0) is 25.3 Å². The highest BCUT2D eigenvalue weighted by Gasteiger charge is 2.13. The van der Waals surface area contributed by atoms with Crippen LogP contribution in [0.1, 0.15) is 39.0 Å². The molecule has 0 bridgehead atoms. The number of carbonyl (C=O) groups excluding carboxylic acids is 1. The quantitative estimate of drug-likeness (QED) is 0.476. The van der Waals surface area contributed by atoms with Crippen molar-refractivity contribution in [3.8, 4) is 0 Å². The zero-order valence-electron chi connectivity index (χ0n) is 7.58. The molecule has 12 heavy (non-hydrogen) atoms. The van der Waals surface area contributed by atoms with Crippen LogP contribution in [-0.2, 0) is 9.53 Å². The van der Waals surface area contributed by atoms with Crippen LogP contribution in [0.15, 0.2) is 12.2 Å². The van der Waals surface area contributed by atoms with Crippen LogP contribution in [0.25, 0.3) is 0 Å². The van der Waals surface area contributed by atoms with Gasteiger partial charge < -0.3 is 4.74 Å². The van der Waals surface area contributed by atoms with E-state index in [0.29, 0.717) is 6.42 Å². The second kappa shape index (κ2) is 4.96. The van der Waals surface area contributed by atoms with Crippen LogP contribution < -0.4 is 0 Å². The molecule has 0 heterocycles. The van der Waals surface area contributed by atoms with Gasteiger partial charge in [-0.25, -0.2) is 0 Å². The highest BCUT2D eigenvalue weighted by molar-refractivity contribution is 5.69. The second-order valence-corrected chi connectivity index (χ2v) is 3.14. The van der Waals surface area contributed by atoms with Crippen molar-refractivity contribution in [2.75, 3.05) is 0 Å². The fourth-order valence-electron chi connectivity index (χ4n) is 1.25. The van der Waals surface area contributed by atoms with E-state index in [1.54, 1.807) is 0 Å². The maximum atomic E-state index is 11.1. The molecule has 0 spiro atoms. The standard InChI is InChI=1S/C10H16O2/c1-2-3-8-10(11)12-9-6-4-5-7-9/h4,6,9H,2-3,5,7-8H2,1H3. The molecule has 1 unspecified atom stereocenters. The summed E-state index contributed by atoms with van der Waals surface area (Å²) in [7, 11) is 0. The second-order valence-electron chi connectivity index (χ2n) is 3.14. The van der Waals surface area contributed by atoms with Crippen molar-refractivity contribution in [2.45, 2.75) is 45.1 Å². The summed E-state index contributed by atoms with van der Waals surface area (Å²) in [5.74, 6) is -0.0478. The molecular weight excluding hydrogens is 152 g/mol. The molecule has 1 rings (SSSR count). The third-order valence-corrected chi connectivity index (χ3v) is 1.99. The van der Waals surface area contributed by atoms with E-state index < -0.39 is 0 Å². The molecule has 0 aromatic carbocycles. The van der Waals surface area contributed by atoms with Crippen LogP contribution in [0.2, 0.25) is 0 Å². The minimum atomic E-state index is -0.0478. The minimum Gasteiger partial charge on any atom is -0.458 e. The van der Waals surface area contributed by atoms with E-state index in [0.717, 1.165) is 25.7 Å². The number of hydrogen-bond donors (Lipinski definition) is 0. The summed E-state index contributed by atoms with van der Waals surface area (Å²) in [6, 6.07) is 0. The SMILES string of the molecule is CCCCC(=O)OC1C=CCC1. The zero-order chi connectivity index (χ0) is 8.81. The van der Waals surface area contributed by atoms with E-state index in [9.17, 15) is 4.79 Å². The Hall–Kier alpha value is -0.790. The monoisotopic (exact) mass is 168 g/mol. The molecule has 0 fully saturated rings. The summed E-state index contributed by atoms with van der Waals surface area (Å²) in [6.07, 6.45) is 8.69. The molecule has 2 heteroatoms. The molecule has 0 aromatic rings. The Balaban J connectivity index is 2.12. The number of unbranched alkanes of at least 4 members (excludes halogenated alkanes) is 1. The first-order chi connectivity index (χ1) is 5.83. The van der Waals surface area contributed by atoms with Gasteiger partial charge in [0.1, 0.15) is 6.10 Å². The van der Waals surface area contributed by atoms with E-state index in [1.807, 2.05) is 6.08 Å². The number of carbonyl (C=O) groups is 1. The van der Waals surface area contributed by atoms with Crippen molar-refractivity contribution in [3.63, 3.8) is 0 Å². The first kappa shape index (κ1) is 9.30. The maximum Gasteiger partial charge on any atom is 0.306 e. The fraction of sp³-hybridized carbons (Fsp3) is 0.700. The first-order valence-corrected chi connectivity index (χ1v) is 4.69. The molecule has 1 atom stereocenters. The van der Waals surface area contributed by atoms with Gasteiger partial charge >= 0.3 is 5.97 Å². The summed E-state index contributed by atoms with van der Waals surface area (Å²) in [4.78, 5) is 11.1. The van der Waals surface area contributed by atoms with E-state index in [4.69, 9.17) is 4.74 Å². The van der Waals surface area contributed by atoms with Crippen LogP contribution in [0.4, 0.5) is 0 Å². The fourth-order valence-corrected chi connectivity index (χ4v) is 1.25. The van der Waals surface area contributed by atoms with Gasteiger partial charge in [-0.2, -0.15) is 0 Å². The normalized spacial score (nSPS) is 21.2. The van der Waals surface area contributed by atoms with Crippen LogP contribution in [0.3, 0.4) is 0 Å². The van der Waals surface area contributed by atoms with Crippen molar-refractivity contribution in [3.05, 3.63) is 12.2 Å². The van der Waals surface area contributed by atoms with Crippen molar-refractivity contribution in [1.29, 1.82) is 0 Å². The molecular formula is C10H16O2. The predicted molar refractivity (Wildman–Crippen MR) is 47.8 cm³/mol. The lowest BCUT2D eigenvalue weighted by atomic mass is 10.2. The molecule has 0 saturated heterocycles. The minimum absolute atomic E-state index is 0.0478. The Morgan fingerprint density at radius 2 is 2.50 bits per heavy atom. The van der Waals surface area contributed by atoms with E-state index >= 15 is 0 Å². The summed E-state index contributed by atoms with van der Waals surface area (Å²) >= 11 is 0. The molecule has 0 saturated carbocycles. The van der Waals surface area contributed by atoms with Gasteiger partial charge in [0.05, 0.1) is 0 Å². The summed E-state index contributed by atoms with van der Waals surface area (Å²) in [6.45, 7) is 2.07.